The van der Waals surface area contributed by atoms with E-state index in [1.807, 2.05) is 0 Å². The average Bonchev–Trinajstić information content (AvgIpc) is 3.18. The molecule has 5 heteroatoms. The lowest BCUT2D eigenvalue weighted by molar-refractivity contribution is -0.888. The van der Waals surface area contributed by atoms with Crippen molar-refractivity contribution in [2.24, 2.45) is 46.3 Å². The van der Waals surface area contributed by atoms with Gasteiger partial charge in [-0.05, 0) is 117 Å². The number of quaternary nitrogens is 1. The minimum atomic E-state index is -0.0465. The highest BCUT2D eigenvalue weighted by atomic mass is 127. The van der Waals surface area contributed by atoms with Crippen LogP contribution in [0.4, 0.5) is 0 Å². The number of aliphatic hydroxyl groups excluding tert-OH is 1. The van der Waals surface area contributed by atoms with Crippen LogP contribution in [0.5, 0.6) is 0 Å². The first-order chi connectivity index (χ1) is 16.5. The summed E-state index contributed by atoms with van der Waals surface area (Å²) in [6.07, 6.45) is 14.4. The fraction of sp³-hybridized carbons (Fsp3) is 0.968. The van der Waals surface area contributed by atoms with E-state index < -0.39 is 0 Å². The van der Waals surface area contributed by atoms with Crippen LogP contribution >= 0.6 is 0 Å². The Morgan fingerprint density at radius 2 is 1.72 bits per heavy atom. The van der Waals surface area contributed by atoms with Crippen LogP contribution in [0.3, 0.4) is 0 Å². The Bertz CT molecular complexity index is 744. The molecular formula is C31H57IN2O2. The van der Waals surface area contributed by atoms with Gasteiger partial charge in [-0.15, -0.1) is 0 Å². The standard InChI is InChI=1S/C31H56N2O2.HI/c1-7-33(5,6)20-8-19-32-29(35)14-9-22(2)26-12-13-27-25-11-10-23-21-24(34)15-17-30(23,3)28(25)16-18-31(26,27)4;/h22-28,34H,7-21H2,1-6H3;1H/t22?,23?,24-,25?,26-,27?,28?,30+,31-;/m1./s1. The number of rotatable bonds is 9. The van der Waals surface area contributed by atoms with Crippen molar-refractivity contribution < 1.29 is 38.4 Å². The third-order valence-electron chi connectivity index (χ3n) is 12.3. The Kier molecular flexibility index (Phi) is 10.3. The molecule has 4 rings (SSSR count). The zero-order chi connectivity index (χ0) is 25.4. The molecule has 0 aromatic carbocycles. The first-order valence-electron chi connectivity index (χ1n) is 15.3. The third-order valence-corrected chi connectivity index (χ3v) is 12.3. The summed E-state index contributed by atoms with van der Waals surface area (Å²) in [5, 5.41) is 13.5. The Morgan fingerprint density at radius 1 is 1.03 bits per heavy atom. The minimum absolute atomic E-state index is 0. The second-order valence-corrected chi connectivity index (χ2v) is 14.5. The summed E-state index contributed by atoms with van der Waals surface area (Å²) < 4.78 is 1.03. The Labute approximate surface area is 239 Å². The SMILES string of the molecule is CC[N+](C)(C)CCCNC(=O)CCC(C)[C@H]1CCC2C3CCC4C[C@H](O)CC[C@]4(C)C3CC[C@@]21C.[I-]. The number of hydrogen-bond donors (Lipinski definition) is 2. The van der Waals surface area contributed by atoms with Crippen LogP contribution in [-0.4, -0.2) is 55.3 Å². The van der Waals surface area contributed by atoms with Gasteiger partial charge in [-0.25, -0.2) is 0 Å². The molecule has 0 saturated heterocycles. The number of halogens is 1. The monoisotopic (exact) mass is 616 g/mol. The molecule has 4 fully saturated rings. The van der Waals surface area contributed by atoms with Crippen LogP contribution in [-0.2, 0) is 4.79 Å². The van der Waals surface area contributed by atoms with E-state index in [0.29, 0.717) is 23.2 Å². The lowest BCUT2D eigenvalue weighted by Crippen LogP contribution is -3.00. The first-order valence-corrected chi connectivity index (χ1v) is 15.3. The number of hydrogen-bond acceptors (Lipinski definition) is 2. The molecule has 0 aromatic rings. The van der Waals surface area contributed by atoms with Gasteiger partial charge in [0.15, 0.2) is 0 Å². The molecular weight excluding hydrogens is 559 g/mol. The summed E-state index contributed by atoms with van der Waals surface area (Å²) in [7, 11) is 4.52. The fourth-order valence-corrected chi connectivity index (χ4v) is 9.75. The molecule has 0 aliphatic heterocycles. The Balaban J connectivity index is 0.00000361. The van der Waals surface area contributed by atoms with Gasteiger partial charge in [-0.1, -0.05) is 20.8 Å². The van der Waals surface area contributed by atoms with Crippen LogP contribution in [0.2, 0.25) is 0 Å². The highest BCUT2D eigenvalue weighted by Crippen LogP contribution is 2.68. The number of carbonyl (C=O) groups is 1. The van der Waals surface area contributed by atoms with E-state index in [2.05, 4.69) is 47.1 Å². The van der Waals surface area contributed by atoms with Gasteiger partial charge in [0.2, 0.25) is 5.91 Å². The normalized spacial score (nSPS) is 40.9. The summed E-state index contributed by atoms with van der Waals surface area (Å²) in [5.74, 6) is 5.08. The zero-order valence-electron chi connectivity index (χ0n) is 24.3. The van der Waals surface area contributed by atoms with Gasteiger partial charge in [0.25, 0.3) is 0 Å². The highest BCUT2D eigenvalue weighted by molar-refractivity contribution is 5.75. The van der Waals surface area contributed by atoms with E-state index in [4.69, 9.17) is 0 Å². The predicted molar refractivity (Wildman–Crippen MR) is 145 cm³/mol. The number of amides is 1. The van der Waals surface area contributed by atoms with Crippen LogP contribution in [0.1, 0.15) is 105 Å². The van der Waals surface area contributed by atoms with Gasteiger partial charge < -0.3 is 38.9 Å². The maximum Gasteiger partial charge on any atom is 0.220 e. The lowest BCUT2D eigenvalue weighted by atomic mass is 9.44. The van der Waals surface area contributed by atoms with Crippen LogP contribution in [0, 0.1) is 46.3 Å². The third kappa shape index (κ3) is 6.13. The molecule has 0 spiro atoms. The molecule has 4 aliphatic rings. The molecule has 2 N–H and O–H groups in total. The molecule has 0 radical (unpaired) electrons. The van der Waals surface area contributed by atoms with Gasteiger partial charge in [-0.3, -0.25) is 4.79 Å². The van der Waals surface area contributed by atoms with Crippen molar-refractivity contribution in [3.05, 3.63) is 0 Å². The van der Waals surface area contributed by atoms with Crippen molar-refractivity contribution in [2.45, 2.75) is 111 Å². The summed E-state index contributed by atoms with van der Waals surface area (Å²) >= 11 is 0. The Hall–Kier alpha value is 0.120. The van der Waals surface area contributed by atoms with Gasteiger partial charge in [0, 0.05) is 19.4 Å². The van der Waals surface area contributed by atoms with Crippen LogP contribution < -0.4 is 29.3 Å². The number of nitrogens with one attached hydrogen (secondary N) is 1. The average molecular weight is 617 g/mol. The maximum atomic E-state index is 12.6. The summed E-state index contributed by atoms with van der Waals surface area (Å²) in [5.41, 5.74) is 0.939. The molecule has 1 amide bonds. The van der Waals surface area contributed by atoms with Crippen molar-refractivity contribution >= 4 is 5.91 Å². The lowest BCUT2D eigenvalue weighted by Gasteiger charge is -2.61. The number of carbonyl (C=O) groups excluding carboxylic acids is 1. The Morgan fingerprint density at radius 3 is 2.44 bits per heavy atom. The van der Waals surface area contributed by atoms with E-state index in [1.54, 1.807) is 0 Å². The second kappa shape index (κ2) is 12.1. The van der Waals surface area contributed by atoms with Crippen LogP contribution in [0.25, 0.3) is 0 Å². The van der Waals surface area contributed by atoms with E-state index in [1.165, 1.54) is 44.9 Å². The van der Waals surface area contributed by atoms with E-state index >= 15 is 0 Å². The van der Waals surface area contributed by atoms with E-state index in [9.17, 15) is 9.90 Å². The van der Waals surface area contributed by atoms with Gasteiger partial charge in [-0.2, -0.15) is 0 Å². The van der Waals surface area contributed by atoms with Crippen molar-refractivity contribution in [3.8, 4) is 0 Å². The van der Waals surface area contributed by atoms with Crippen molar-refractivity contribution in [2.75, 3.05) is 33.7 Å². The molecule has 4 aliphatic carbocycles. The molecule has 0 heterocycles. The summed E-state index contributed by atoms with van der Waals surface area (Å²) in [6.45, 7) is 13.0. The topological polar surface area (TPSA) is 49.3 Å². The largest absolute Gasteiger partial charge is 1.00 e. The van der Waals surface area contributed by atoms with Crippen molar-refractivity contribution in [1.29, 1.82) is 0 Å². The molecule has 5 unspecified atom stereocenters. The van der Waals surface area contributed by atoms with Crippen LogP contribution in [0.15, 0.2) is 0 Å². The quantitative estimate of drug-likeness (QED) is 0.238. The van der Waals surface area contributed by atoms with Gasteiger partial charge in [0.1, 0.15) is 0 Å². The highest BCUT2D eigenvalue weighted by Gasteiger charge is 2.60. The molecule has 36 heavy (non-hydrogen) atoms. The maximum absolute atomic E-state index is 12.6. The van der Waals surface area contributed by atoms with Crippen molar-refractivity contribution in [3.63, 3.8) is 0 Å². The minimum Gasteiger partial charge on any atom is -1.00 e. The number of aliphatic hydroxyl groups is 1. The van der Waals surface area contributed by atoms with E-state index in [-0.39, 0.29) is 36.0 Å². The predicted octanol–water partition coefficient (Wildman–Crippen LogP) is 3.03. The molecule has 210 valence electrons. The first kappa shape index (κ1) is 30.7. The fourth-order valence-electron chi connectivity index (χ4n) is 9.75. The molecule has 4 saturated carbocycles. The molecule has 9 atom stereocenters. The smallest absolute Gasteiger partial charge is 0.220 e. The zero-order valence-corrected chi connectivity index (χ0v) is 26.5. The number of fused-ring (bicyclic) bond motifs is 5. The molecule has 4 nitrogen and oxygen atoms in total. The number of nitrogens with zero attached hydrogens (tertiary/aromatic N) is 1. The summed E-state index contributed by atoms with van der Waals surface area (Å²) in [4.78, 5) is 12.6. The molecule has 0 bridgehead atoms. The van der Waals surface area contributed by atoms with Gasteiger partial charge >= 0.3 is 0 Å². The second-order valence-electron chi connectivity index (χ2n) is 14.5. The summed E-state index contributed by atoms with van der Waals surface area (Å²) in [6, 6.07) is 0. The van der Waals surface area contributed by atoms with Gasteiger partial charge in [0.05, 0.1) is 33.3 Å². The molecule has 0 aromatic heterocycles. The van der Waals surface area contributed by atoms with E-state index in [0.717, 1.165) is 79.4 Å². The van der Waals surface area contributed by atoms with Crippen molar-refractivity contribution in [1.82, 2.24) is 5.32 Å².